The number of hydrogen-bond acceptors (Lipinski definition) is 5. The fourth-order valence-electron chi connectivity index (χ4n) is 1.73. The van der Waals surface area contributed by atoms with Gasteiger partial charge in [-0.15, -0.1) is 0 Å². The highest BCUT2D eigenvalue weighted by Gasteiger charge is 2.14. The molecule has 0 saturated carbocycles. The second kappa shape index (κ2) is 7.88. The van der Waals surface area contributed by atoms with Crippen LogP contribution in [0, 0.1) is 0 Å². The van der Waals surface area contributed by atoms with Crippen LogP contribution >= 0.6 is 0 Å². The van der Waals surface area contributed by atoms with E-state index < -0.39 is 12.1 Å². The highest BCUT2D eigenvalue weighted by atomic mass is 16.5. The second-order valence-corrected chi connectivity index (χ2v) is 4.13. The monoisotopic (exact) mass is 294 g/mol. The van der Waals surface area contributed by atoms with Gasteiger partial charge in [0.2, 0.25) is 5.91 Å². The molecule has 0 bridgehead atoms. The maximum atomic E-state index is 11.7. The van der Waals surface area contributed by atoms with Gasteiger partial charge in [0.15, 0.2) is 0 Å². The molecule has 0 aromatic heterocycles. The summed E-state index contributed by atoms with van der Waals surface area (Å²) in [6.07, 6.45) is -0.568. The molecule has 7 heteroatoms. The van der Waals surface area contributed by atoms with Crippen LogP contribution in [0.3, 0.4) is 0 Å². The number of methoxy groups -OCH3 is 2. The SMILES string of the molecule is COC(=O)NCCN(C(C)=O)c1cccc(C(=O)OC)c1. The molecule has 0 heterocycles. The lowest BCUT2D eigenvalue weighted by atomic mass is 10.2. The number of ether oxygens (including phenoxy) is 2. The first-order valence-electron chi connectivity index (χ1n) is 6.28. The molecule has 0 radical (unpaired) electrons. The Morgan fingerprint density at radius 3 is 2.48 bits per heavy atom. The Bertz CT molecular complexity index is 530. The fraction of sp³-hybridized carbons (Fsp3) is 0.357. The smallest absolute Gasteiger partial charge is 0.406 e. The van der Waals surface area contributed by atoms with E-state index in [2.05, 4.69) is 14.8 Å². The summed E-state index contributed by atoms with van der Waals surface area (Å²) in [5, 5.41) is 2.49. The van der Waals surface area contributed by atoms with Crippen molar-refractivity contribution in [2.75, 3.05) is 32.2 Å². The minimum atomic E-state index is -0.568. The third-order valence-corrected chi connectivity index (χ3v) is 2.75. The Balaban J connectivity index is 2.83. The first-order chi connectivity index (χ1) is 9.99. The molecule has 0 unspecified atom stereocenters. The van der Waals surface area contributed by atoms with Gasteiger partial charge in [0, 0.05) is 25.7 Å². The number of hydrogen-bond donors (Lipinski definition) is 1. The van der Waals surface area contributed by atoms with Crippen molar-refractivity contribution in [1.29, 1.82) is 0 Å². The van der Waals surface area contributed by atoms with Gasteiger partial charge in [-0.05, 0) is 18.2 Å². The summed E-state index contributed by atoms with van der Waals surface area (Å²) in [7, 11) is 2.55. The highest BCUT2D eigenvalue weighted by molar-refractivity contribution is 5.95. The molecule has 114 valence electrons. The van der Waals surface area contributed by atoms with Crippen LogP contribution in [-0.2, 0) is 14.3 Å². The van der Waals surface area contributed by atoms with Crippen LogP contribution in [0.4, 0.5) is 10.5 Å². The van der Waals surface area contributed by atoms with E-state index in [9.17, 15) is 14.4 Å². The number of amides is 2. The molecule has 0 saturated heterocycles. The first kappa shape index (κ1) is 16.5. The van der Waals surface area contributed by atoms with Crippen LogP contribution < -0.4 is 10.2 Å². The normalized spacial score (nSPS) is 9.67. The molecular formula is C14H18N2O5. The molecule has 7 nitrogen and oxygen atoms in total. The minimum Gasteiger partial charge on any atom is -0.465 e. The van der Waals surface area contributed by atoms with Gasteiger partial charge < -0.3 is 19.7 Å². The average Bonchev–Trinajstić information content (AvgIpc) is 2.50. The lowest BCUT2D eigenvalue weighted by Crippen LogP contribution is -2.37. The molecule has 0 spiro atoms. The van der Waals surface area contributed by atoms with E-state index in [1.807, 2.05) is 0 Å². The molecule has 0 aliphatic carbocycles. The molecule has 1 aromatic rings. The number of benzene rings is 1. The molecule has 0 atom stereocenters. The van der Waals surface area contributed by atoms with Crippen molar-refractivity contribution in [3.8, 4) is 0 Å². The summed E-state index contributed by atoms with van der Waals surface area (Å²) in [6, 6.07) is 6.52. The van der Waals surface area contributed by atoms with Gasteiger partial charge >= 0.3 is 12.1 Å². The Morgan fingerprint density at radius 2 is 1.90 bits per heavy atom. The molecule has 21 heavy (non-hydrogen) atoms. The minimum absolute atomic E-state index is 0.205. The number of alkyl carbamates (subject to hydrolysis) is 1. The lowest BCUT2D eigenvalue weighted by molar-refractivity contribution is -0.116. The van der Waals surface area contributed by atoms with Crippen LogP contribution in [0.1, 0.15) is 17.3 Å². The van der Waals surface area contributed by atoms with E-state index in [-0.39, 0.29) is 19.0 Å². The number of anilines is 1. The fourth-order valence-corrected chi connectivity index (χ4v) is 1.73. The maximum absolute atomic E-state index is 11.7. The quantitative estimate of drug-likeness (QED) is 0.824. The van der Waals surface area contributed by atoms with E-state index in [1.54, 1.807) is 24.3 Å². The van der Waals surface area contributed by atoms with E-state index >= 15 is 0 Å². The largest absolute Gasteiger partial charge is 0.465 e. The Hall–Kier alpha value is -2.57. The van der Waals surface area contributed by atoms with Gasteiger partial charge in [-0.1, -0.05) is 6.07 Å². The Labute approximate surface area is 122 Å². The van der Waals surface area contributed by atoms with Gasteiger partial charge in [0.1, 0.15) is 0 Å². The summed E-state index contributed by atoms with van der Waals surface area (Å²) >= 11 is 0. The molecular weight excluding hydrogens is 276 g/mol. The van der Waals surface area contributed by atoms with E-state index in [4.69, 9.17) is 0 Å². The third kappa shape index (κ3) is 4.79. The van der Waals surface area contributed by atoms with Crippen LogP contribution in [0.15, 0.2) is 24.3 Å². The number of carbonyl (C=O) groups is 3. The highest BCUT2D eigenvalue weighted by Crippen LogP contribution is 2.17. The van der Waals surface area contributed by atoms with Crippen molar-refractivity contribution in [2.24, 2.45) is 0 Å². The molecule has 2 amide bonds. The summed E-state index contributed by atoms with van der Waals surface area (Å²) < 4.78 is 9.09. The molecule has 0 aliphatic rings. The van der Waals surface area contributed by atoms with Crippen LogP contribution in [0.25, 0.3) is 0 Å². The van der Waals surface area contributed by atoms with Crippen molar-refractivity contribution in [3.05, 3.63) is 29.8 Å². The zero-order valence-electron chi connectivity index (χ0n) is 12.2. The van der Waals surface area contributed by atoms with Crippen LogP contribution in [-0.4, -0.2) is 45.3 Å². The van der Waals surface area contributed by atoms with E-state index in [0.717, 1.165) is 0 Å². The zero-order chi connectivity index (χ0) is 15.8. The summed E-state index contributed by atoms with van der Waals surface area (Å²) in [4.78, 5) is 35.6. The van der Waals surface area contributed by atoms with Gasteiger partial charge in [0.25, 0.3) is 0 Å². The number of carbonyl (C=O) groups excluding carboxylic acids is 3. The zero-order valence-corrected chi connectivity index (χ0v) is 12.2. The van der Waals surface area contributed by atoms with Crippen LogP contribution in [0.2, 0.25) is 0 Å². The van der Waals surface area contributed by atoms with Gasteiger partial charge in [-0.3, -0.25) is 4.79 Å². The van der Waals surface area contributed by atoms with Gasteiger partial charge in [-0.25, -0.2) is 9.59 Å². The predicted octanol–water partition coefficient (Wildman–Crippen LogP) is 1.18. The molecule has 1 aromatic carbocycles. The standard InChI is InChI=1S/C14H18N2O5/c1-10(17)16(8-7-15-14(19)21-3)12-6-4-5-11(9-12)13(18)20-2/h4-6,9H,7-8H2,1-3H3,(H,15,19). The first-order valence-corrected chi connectivity index (χ1v) is 6.28. The Kier molecular flexibility index (Phi) is 6.19. The molecule has 0 aliphatic heterocycles. The van der Waals surface area contributed by atoms with Crippen molar-refractivity contribution in [1.82, 2.24) is 5.32 Å². The third-order valence-electron chi connectivity index (χ3n) is 2.75. The van der Waals surface area contributed by atoms with Gasteiger partial charge in [-0.2, -0.15) is 0 Å². The van der Waals surface area contributed by atoms with Crippen molar-refractivity contribution < 1.29 is 23.9 Å². The summed E-state index contributed by atoms with van der Waals surface area (Å²) in [5.41, 5.74) is 0.902. The molecule has 1 N–H and O–H groups in total. The summed E-state index contributed by atoms with van der Waals surface area (Å²) in [6.45, 7) is 1.90. The molecule has 0 fully saturated rings. The van der Waals surface area contributed by atoms with Gasteiger partial charge in [0.05, 0.1) is 19.8 Å². The van der Waals surface area contributed by atoms with E-state index in [1.165, 1.54) is 26.0 Å². The van der Waals surface area contributed by atoms with Crippen molar-refractivity contribution in [3.63, 3.8) is 0 Å². The van der Waals surface area contributed by atoms with Crippen molar-refractivity contribution in [2.45, 2.75) is 6.92 Å². The second-order valence-electron chi connectivity index (χ2n) is 4.13. The number of esters is 1. The number of nitrogens with zero attached hydrogens (tertiary/aromatic N) is 1. The average molecular weight is 294 g/mol. The number of nitrogens with one attached hydrogen (secondary N) is 1. The van der Waals surface area contributed by atoms with Crippen molar-refractivity contribution >= 4 is 23.7 Å². The molecule has 1 rings (SSSR count). The van der Waals surface area contributed by atoms with Crippen LogP contribution in [0.5, 0.6) is 0 Å². The Morgan fingerprint density at radius 1 is 1.19 bits per heavy atom. The van der Waals surface area contributed by atoms with E-state index in [0.29, 0.717) is 11.3 Å². The predicted molar refractivity (Wildman–Crippen MR) is 76.2 cm³/mol. The number of rotatable bonds is 5. The maximum Gasteiger partial charge on any atom is 0.406 e. The topological polar surface area (TPSA) is 84.9 Å². The summed E-state index contributed by atoms with van der Waals surface area (Å²) in [5.74, 6) is -0.684. The lowest BCUT2D eigenvalue weighted by Gasteiger charge is -2.21.